The van der Waals surface area contributed by atoms with Crippen LogP contribution in [0.4, 0.5) is 0 Å². The van der Waals surface area contributed by atoms with Crippen molar-refractivity contribution in [2.75, 3.05) is 0 Å². The second kappa shape index (κ2) is 3.07. The second-order valence-electron chi connectivity index (χ2n) is 3.64. The molecule has 1 aromatic carbocycles. The molecule has 0 aromatic heterocycles. The molecule has 1 aliphatic rings. The molecule has 0 radical (unpaired) electrons. The molecule has 0 fully saturated rings. The summed E-state index contributed by atoms with van der Waals surface area (Å²) in [5.41, 5.74) is 2.59. The van der Waals surface area contributed by atoms with Gasteiger partial charge >= 0.3 is 7.05 Å². The van der Waals surface area contributed by atoms with E-state index in [0.717, 1.165) is 5.75 Å². The Hall–Kier alpha value is -0.955. The number of hydrogen-bond donors (Lipinski definition) is 1. The van der Waals surface area contributed by atoms with Gasteiger partial charge in [0.25, 0.3) is 0 Å². The predicted molar refractivity (Wildman–Crippen MR) is 55.0 cm³/mol. The summed E-state index contributed by atoms with van der Waals surface area (Å²) in [6, 6.07) is 6.59. The van der Waals surface area contributed by atoms with Gasteiger partial charge in [0.2, 0.25) is 0 Å². The molecular formula is C10H14BNO. The zero-order valence-electron chi connectivity index (χ0n) is 8.29. The van der Waals surface area contributed by atoms with Gasteiger partial charge in [-0.1, -0.05) is 12.1 Å². The monoisotopic (exact) mass is 175 g/mol. The maximum Gasteiger partial charge on any atom is 0.443 e. The Morgan fingerprint density at radius 2 is 2.23 bits per heavy atom. The number of hydrogen-bond acceptors (Lipinski definition) is 2. The van der Waals surface area contributed by atoms with Gasteiger partial charge in [-0.2, -0.15) is 0 Å². The van der Waals surface area contributed by atoms with E-state index in [1.165, 1.54) is 11.1 Å². The van der Waals surface area contributed by atoms with Gasteiger partial charge in [0.1, 0.15) is 5.75 Å². The highest BCUT2D eigenvalue weighted by atomic mass is 16.4. The molecule has 1 aromatic rings. The molecule has 0 aliphatic carbocycles. The van der Waals surface area contributed by atoms with Gasteiger partial charge in [-0.25, -0.2) is 0 Å². The van der Waals surface area contributed by atoms with E-state index in [-0.39, 0.29) is 7.05 Å². The van der Waals surface area contributed by atoms with Crippen LogP contribution in [0.2, 0.25) is 6.82 Å². The maximum absolute atomic E-state index is 5.67. The summed E-state index contributed by atoms with van der Waals surface area (Å²) in [5, 5.41) is 3.35. The second-order valence-corrected chi connectivity index (χ2v) is 3.64. The molecule has 1 atom stereocenters. The van der Waals surface area contributed by atoms with E-state index in [1.807, 2.05) is 19.0 Å². The summed E-state index contributed by atoms with van der Waals surface area (Å²) >= 11 is 0. The van der Waals surface area contributed by atoms with E-state index in [0.29, 0.717) is 6.04 Å². The molecule has 13 heavy (non-hydrogen) atoms. The highest BCUT2D eigenvalue weighted by molar-refractivity contribution is 6.48. The van der Waals surface area contributed by atoms with Crippen LogP contribution >= 0.6 is 0 Å². The fraction of sp³-hybridized carbons (Fsp3) is 0.400. The van der Waals surface area contributed by atoms with Gasteiger partial charge in [-0.05, 0) is 32.3 Å². The average Bonchev–Trinajstić information content (AvgIpc) is 2.02. The lowest BCUT2D eigenvalue weighted by Gasteiger charge is -2.29. The molecule has 1 N–H and O–H groups in total. The summed E-state index contributed by atoms with van der Waals surface area (Å²) in [7, 11) is 0.115. The fourth-order valence-corrected chi connectivity index (χ4v) is 1.97. The van der Waals surface area contributed by atoms with Crippen LogP contribution in [0.3, 0.4) is 0 Å². The van der Waals surface area contributed by atoms with Gasteiger partial charge in [0.05, 0.1) is 0 Å². The Labute approximate surface area is 79.4 Å². The van der Waals surface area contributed by atoms with Crippen LogP contribution in [-0.2, 0) is 0 Å². The van der Waals surface area contributed by atoms with Crippen molar-refractivity contribution < 1.29 is 4.65 Å². The molecule has 1 heterocycles. The summed E-state index contributed by atoms with van der Waals surface area (Å²) < 4.78 is 5.67. The van der Waals surface area contributed by atoms with Crippen LogP contribution in [0.1, 0.15) is 24.1 Å². The van der Waals surface area contributed by atoms with Crippen LogP contribution in [0, 0.1) is 6.92 Å². The highest BCUT2D eigenvalue weighted by Gasteiger charge is 2.25. The summed E-state index contributed by atoms with van der Waals surface area (Å²) in [6.45, 7) is 6.32. The van der Waals surface area contributed by atoms with Gasteiger partial charge in [0, 0.05) is 11.6 Å². The SMILES string of the molecule is CB1NC(C)c2c(C)cccc2O1. The Kier molecular flexibility index (Phi) is 2.04. The molecule has 3 heteroatoms. The molecule has 1 unspecified atom stereocenters. The minimum Gasteiger partial charge on any atom is -0.546 e. The summed E-state index contributed by atoms with van der Waals surface area (Å²) in [4.78, 5) is 0. The van der Waals surface area contributed by atoms with E-state index in [1.54, 1.807) is 0 Å². The van der Waals surface area contributed by atoms with Crippen molar-refractivity contribution in [3.8, 4) is 5.75 Å². The molecule has 0 bridgehead atoms. The van der Waals surface area contributed by atoms with E-state index in [9.17, 15) is 0 Å². The van der Waals surface area contributed by atoms with Crippen molar-refractivity contribution in [3.63, 3.8) is 0 Å². The minimum atomic E-state index is 0.115. The number of fused-ring (bicyclic) bond motifs is 1. The molecule has 1 aliphatic heterocycles. The van der Waals surface area contributed by atoms with E-state index in [4.69, 9.17) is 4.65 Å². The van der Waals surface area contributed by atoms with Gasteiger partial charge in [0.15, 0.2) is 0 Å². The first kappa shape index (κ1) is 8.63. The lowest BCUT2D eigenvalue weighted by atomic mass is 9.81. The number of rotatable bonds is 0. The molecule has 0 saturated carbocycles. The highest BCUT2D eigenvalue weighted by Crippen LogP contribution is 2.31. The lowest BCUT2D eigenvalue weighted by Crippen LogP contribution is -2.42. The van der Waals surface area contributed by atoms with Crippen LogP contribution in [0.15, 0.2) is 18.2 Å². The first-order valence-electron chi connectivity index (χ1n) is 4.70. The zero-order valence-corrected chi connectivity index (χ0v) is 8.29. The lowest BCUT2D eigenvalue weighted by molar-refractivity contribution is 0.484. The molecule has 2 nitrogen and oxygen atoms in total. The van der Waals surface area contributed by atoms with Crippen LogP contribution in [-0.4, -0.2) is 7.05 Å². The number of benzene rings is 1. The molecule has 0 amide bonds. The van der Waals surface area contributed by atoms with E-state index < -0.39 is 0 Å². The zero-order chi connectivity index (χ0) is 9.42. The van der Waals surface area contributed by atoms with Crippen LogP contribution < -0.4 is 9.88 Å². The third kappa shape index (κ3) is 1.44. The minimum absolute atomic E-state index is 0.115. The quantitative estimate of drug-likeness (QED) is 0.610. The normalized spacial score (nSPS) is 20.8. The molecule has 2 rings (SSSR count). The largest absolute Gasteiger partial charge is 0.546 e. The van der Waals surface area contributed by atoms with E-state index in [2.05, 4.69) is 25.1 Å². The molecule has 0 saturated heterocycles. The van der Waals surface area contributed by atoms with Crippen LogP contribution in [0.5, 0.6) is 5.75 Å². The summed E-state index contributed by atoms with van der Waals surface area (Å²) in [5.74, 6) is 1.03. The van der Waals surface area contributed by atoms with Crippen molar-refractivity contribution in [3.05, 3.63) is 29.3 Å². The molecule has 68 valence electrons. The first-order valence-corrected chi connectivity index (χ1v) is 4.70. The van der Waals surface area contributed by atoms with E-state index >= 15 is 0 Å². The number of nitrogens with one attached hydrogen (secondary N) is 1. The third-order valence-corrected chi connectivity index (χ3v) is 2.51. The Balaban J connectivity index is 2.49. The van der Waals surface area contributed by atoms with Crippen molar-refractivity contribution in [2.24, 2.45) is 0 Å². The van der Waals surface area contributed by atoms with Crippen LogP contribution in [0.25, 0.3) is 0 Å². The predicted octanol–water partition coefficient (Wildman–Crippen LogP) is 2.16. The van der Waals surface area contributed by atoms with Gasteiger partial charge in [-0.3, -0.25) is 0 Å². The third-order valence-electron chi connectivity index (χ3n) is 2.51. The molecule has 0 spiro atoms. The van der Waals surface area contributed by atoms with Gasteiger partial charge < -0.3 is 9.88 Å². The fourth-order valence-electron chi connectivity index (χ4n) is 1.97. The Morgan fingerprint density at radius 1 is 1.46 bits per heavy atom. The van der Waals surface area contributed by atoms with Crippen molar-refractivity contribution in [1.29, 1.82) is 0 Å². The Bertz CT molecular complexity index is 327. The standard InChI is InChI=1S/C10H14BNO/c1-7-5-4-6-9-10(7)8(2)12-11(3)13-9/h4-6,8,12H,1-3H3. The molecular weight excluding hydrogens is 161 g/mol. The van der Waals surface area contributed by atoms with Gasteiger partial charge in [-0.15, -0.1) is 0 Å². The first-order chi connectivity index (χ1) is 6.18. The summed E-state index contributed by atoms with van der Waals surface area (Å²) in [6.07, 6.45) is 0. The van der Waals surface area contributed by atoms with Crippen molar-refractivity contribution in [1.82, 2.24) is 5.23 Å². The maximum atomic E-state index is 5.67. The topological polar surface area (TPSA) is 21.3 Å². The number of aryl methyl sites for hydroxylation is 1. The van der Waals surface area contributed by atoms with Crippen molar-refractivity contribution in [2.45, 2.75) is 26.7 Å². The average molecular weight is 175 g/mol. The Morgan fingerprint density at radius 3 is 3.00 bits per heavy atom. The smallest absolute Gasteiger partial charge is 0.443 e. The van der Waals surface area contributed by atoms with Crippen molar-refractivity contribution >= 4 is 7.05 Å².